The molecule has 0 aliphatic carbocycles. The number of anilines is 1. The molecule has 1 aromatic heterocycles. The summed E-state index contributed by atoms with van der Waals surface area (Å²) in [6.45, 7) is 5.29. The van der Waals surface area contributed by atoms with Gasteiger partial charge in [-0.05, 0) is 38.3 Å². The Bertz CT molecular complexity index is 472. The van der Waals surface area contributed by atoms with Crippen LogP contribution in [0.3, 0.4) is 0 Å². The SMILES string of the molecule is Cc1cc(C)c(C(=N)N)c(N2CCCC(O)C2)n1. The number of nitrogens with zero attached hydrogens (tertiary/aromatic N) is 2. The Balaban J connectivity index is 2.44. The second-order valence-corrected chi connectivity index (χ2v) is 4.93. The number of hydrogen-bond acceptors (Lipinski definition) is 4. The molecule has 1 fully saturated rings. The second kappa shape index (κ2) is 4.94. The number of aryl methyl sites for hydroxylation is 2. The highest BCUT2D eigenvalue weighted by Gasteiger charge is 2.23. The number of aliphatic hydroxyl groups excluding tert-OH is 1. The topological polar surface area (TPSA) is 86.2 Å². The molecule has 0 amide bonds. The fourth-order valence-electron chi connectivity index (χ4n) is 2.53. The maximum Gasteiger partial charge on any atom is 0.140 e. The molecule has 0 aromatic carbocycles. The van der Waals surface area contributed by atoms with Crippen LogP contribution in [0.25, 0.3) is 0 Å². The number of β-amino-alcohol motifs (C(OH)–C–C–N with tert-alkyl or cyclic N) is 1. The number of amidine groups is 1. The van der Waals surface area contributed by atoms with Crippen LogP contribution in [-0.2, 0) is 0 Å². The lowest BCUT2D eigenvalue weighted by molar-refractivity contribution is 0.154. The quantitative estimate of drug-likeness (QED) is 0.537. The van der Waals surface area contributed by atoms with Gasteiger partial charge in [-0.25, -0.2) is 4.98 Å². The van der Waals surface area contributed by atoms with Gasteiger partial charge < -0.3 is 15.7 Å². The van der Waals surface area contributed by atoms with Crippen molar-refractivity contribution < 1.29 is 5.11 Å². The Kier molecular flexibility index (Phi) is 3.52. The van der Waals surface area contributed by atoms with Gasteiger partial charge in [0.1, 0.15) is 11.7 Å². The number of rotatable bonds is 2. The number of nitrogen functional groups attached to an aromatic ring is 1. The molecule has 2 heterocycles. The summed E-state index contributed by atoms with van der Waals surface area (Å²) < 4.78 is 0. The van der Waals surface area contributed by atoms with Crippen molar-refractivity contribution >= 4 is 11.7 Å². The zero-order valence-electron chi connectivity index (χ0n) is 10.9. The number of nitrogens with one attached hydrogen (secondary N) is 1. The van der Waals surface area contributed by atoms with Gasteiger partial charge in [0.2, 0.25) is 0 Å². The highest BCUT2D eigenvalue weighted by atomic mass is 16.3. The summed E-state index contributed by atoms with van der Waals surface area (Å²) in [4.78, 5) is 6.54. The van der Waals surface area contributed by atoms with E-state index in [9.17, 15) is 5.11 Å². The molecule has 0 saturated carbocycles. The maximum atomic E-state index is 9.75. The van der Waals surface area contributed by atoms with Crippen LogP contribution in [0, 0.1) is 19.3 Å². The van der Waals surface area contributed by atoms with Crippen LogP contribution < -0.4 is 10.6 Å². The van der Waals surface area contributed by atoms with E-state index in [0.717, 1.165) is 36.5 Å². The van der Waals surface area contributed by atoms with Crippen molar-refractivity contribution in [3.8, 4) is 0 Å². The summed E-state index contributed by atoms with van der Waals surface area (Å²) in [6, 6.07) is 1.93. The largest absolute Gasteiger partial charge is 0.391 e. The van der Waals surface area contributed by atoms with E-state index < -0.39 is 0 Å². The van der Waals surface area contributed by atoms with E-state index >= 15 is 0 Å². The normalized spacial score (nSPS) is 19.9. The fourth-order valence-corrected chi connectivity index (χ4v) is 2.53. The van der Waals surface area contributed by atoms with E-state index in [1.54, 1.807) is 0 Å². The fraction of sp³-hybridized carbons (Fsp3) is 0.538. The van der Waals surface area contributed by atoms with Crippen LogP contribution in [0.15, 0.2) is 6.07 Å². The molecule has 1 aromatic rings. The zero-order valence-corrected chi connectivity index (χ0v) is 10.9. The first-order valence-electron chi connectivity index (χ1n) is 6.24. The van der Waals surface area contributed by atoms with Crippen molar-refractivity contribution in [1.29, 1.82) is 5.41 Å². The van der Waals surface area contributed by atoms with Gasteiger partial charge in [0, 0.05) is 18.8 Å². The average molecular weight is 248 g/mol. The predicted molar refractivity (Wildman–Crippen MR) is 72.2 cm³/mol. The monoisotopic (exact) mass is 248 g/mol. The Morgan fingerprint density at radius 1 is 1.56 bits per heavy atom. The molecule has 2 rings (SSSR count). The van der Waals surface area contributed by atoms with Crippen molar-refractivity contribution in [1.82, 2.24) is 4.98 Å². The molecule has 18 heavy (non-hydrogen) atoms. The number of pyridine rings is 1. The van der Waals surface area contributed by atoms with Crippen LogP contribution in [0.1, 0.15) is 29.7 Å². The van der Waals surface area contributed by atoms with Crippen molar-refractivity contribution in [3.05, 3.63) is 22.9 Å². The van der Waals surface area contributed by atoms with Crippen molar-refractivity contribution in [3.63, 3.8) is 0 Å². The molecule has 0 bridgehead atoms. The van der Waals surface area contributed by atoms with E-state index in [1.165, 1.54) is 0 Å². The lowest BCUT2D eigenvalue weighted by Gasteiger charge is -2.32. The third-order valence-electron chi connectivity index (χ3n) is 3.29. The van der Waals surface area contributed by atoms with E-state index in [4.69, 9.17) is 11.1 Å². The minimum atomic E-state index is -0.318. The average Bonchev–Trinajstić information content (AvgIpc) is 2.27. The molecule has 1 aliphatic rings. The zero-order chi connectivity index (χ0) is 13.3. The van der Waals surface area contributed by atoms with Gasteiger partial charge in [-0.15, -0.1) is 0 Å². The number of nitrogens with two attached hydrogens (primary N) is 1. The van der Waals surface area contributed by atoms with Gasteiger partial charge in [-0.3, -0.25) is 5.41 Å². The van der Waals surface area contributed by atoms with Gasteiger partial charge in [-0.2, -0.15) is 0 Å². The van der Waals surface area contributed by atoms with Crippen LogP contribution in [-0.4, -0.2) is 35.1 Å². The Hall–Kier alpha value is -1.62. The highest BCUT2D eigenvalue weighted by molar-refractivity contribution is 6.01. The van der Waals surface area contributed by atoms with Crippen LogP contribution in [0.4, 0.5) is 5.82 Å². The molecular weight excluding hydrogens is 228 g/mol. The molecule has 0 spiro atoms. The molecule has 5 heteroatoms. The first kappa shape index (κ1) is 12.8. The van der Waals surface area contributed by atoms with Crippen LogP contribution in [0.5, 0.6) is 0 Å². The predicted octanol–water partition coefficient (Wildman–Crippen LogP) is 0.944. The third kappa shape index (κ3) is 2.46. The van der Waals surface area contributed by atoms with Crippen LogP contribution in [0.2, 0.25) is 0 Å². The molecule has 1 saturated heterocycles. The standard InChI is InChI=1S/C13H20N4O/c1-8-6-9(2)16-13(11(8)12(14)15)17-5-3-4-10(18)7-17/h6,10,18H,3-5,7H2,1-2H3,(H3,14,15). The Morgan fingerprint density at radius 3 is 2.89 bits per heavy atom. The van der Waals surface area contributed by atoms with Crippen molar-refractivity contribution in [2.24, 2.45) is 5.73 Å². The lowest BCUT2D eigenvalue weighted by Crippen LogP contribution is -2.40. The molecule has 1 unspecified atom stereocenters. The van der Waals surface area contributed by atoms with E-state index in [0.29, 0.717) is 12.1 Å². The minimum absolute atomic E-state index is 0.0371. The van der Waals surface area contributed by atoms with Gasteiger partial charge in [0.15, 0.2) is 0 Å². The molecule has 0 radical (unpaired) electrons. The molecule has 1 aliphatic heterocycles. The van der Waals surface area contributed by atoms with Gasteiger partial charge in [-0.1, -0.05) is 0 Å². The van der Waals surface area contributed by atoms with Crippen molar-refractivity contribution in [2.75, 3.05) is 18.0 Å². The Morgan fingerprint density at radius 2 is 2.28 bits per heavy atom. The van der Waals surface area contributed by atoms with Gasteiger partial charge >= 0.3 is 0 Å². The summed E-state index contributed by atoms with van der Waals surface area (Å²) >= 11 is 0. The van der Waals surface area contributed by atoms with E-state index in [2.05, 4.69) is 4.98 Å². The van der Waals surface area contributed by atoms with Gasteiger partial charge in [0.25, 0.3) is 0 Å². The molecule has 98 valence electrons. The van der Waals surface area contributed by atoms with Gasteiger partial charge in [0.05, 0.1) is 11.7 Å². The molecule has 4 N–H and O–H groups in total. The number of aromatic nitrogens is 1. The number of aliphatic hydroxyl groups is 1. The van der Waals surface area contributed by atoms with Crippen LogP contribution >= 0.6 is 0 Å². The summed E-state index contributed by atoms with van der Waals surface area (Å²) in [5.41, 5.74) is 8.22. The summed E-state index contributed by atoms with van der Waals surface area (Å²) in [7, 11) is 0. The Labute approximate surface area is 107 Å². The molecular formula is C13H20N4O. The summed E-state index contributed by atoms with van der Waals surface area (Å²) in [5.74, 6) is 0.772. The lowest BCUT2D eigenvalue weighted by atomic mass is 10.0. The maximum absolute atomic E-state index is 9.75. The first-order valence-corrected chi connectivity index (χ1v) is 6.24. The molecule has 5 nitrogen and oxygen atoms in total. The summed E-state index contributed by atoms with van der Waals surface area (Å²) in [5, 5.41) is 17.5. The number of piperidine rings is 1. The minimum Gasteiger partial charge on any atom is -0.391 e. The highest BCUT2D eigenvalue weighted by Crippen LogP contribution is 2.25. The third-order valence-corrected chi connectivity index (χ3v) is 3.29. The molecule has 1 atom stereocenters. The number of hydrogen-bond donors (Lipinski definition) is 3. The van der Waals surface area contributed by atoms with E-state index in [-0.39, 0.29) is 11.9 Å². The first-order chi connectivity index (χ1) is 8.49. The van der Waals surface area contributed by atoms with E-state index in [1.807, 2.05) is 24.8 Å². The second-order valence-electron chi connectivity index (χ2n) is 4.93. The van der Waals surface area contributed by atoms with Crippen molar-refractivity contribution in [2.45, 2.75) is 32.8 Å². The smallest absolute Gasteiger partial charge is 0.140 e. The summed E-state index contributed by atoms with van der Waals surface area (Å²) in [6.07, 6.45) is 1.45.